The lowest BCUT2D eigenvalue weighted by Gasteiger charge is -2.13. The van der Waals surface area contributed by atoms with Gasteiger partial charge < -0.3 is 14.8 Å². The molecule has 0 saturated heterocycles. The topological polar surface area (TPSA) is 54.9 Å². The number of rotatable bonds is 7. The lowest BCUT2D eigenvalue weighted by atomic mass is 10.2. The highest BCUT2D eigenvalue weighted by atomic mass is 35.5. The number of halogens is 1. The lowest BCUT2D eigenvalue weighted by Crippen LogP contribution is -2.38. The van der Waals surface area contributed by atoms with Crippen LogP contribution in [0.1, 0.15) is 44.6 Å². The Kier molecular flexibility index (Phi) is 7.59. The number of hydrogen-bond donors (Lipinski definition) is 2. The van der Waals surface area contributed by atoms with Gasteiger partial charge in [0.05, 0.1) is 25.0 Å². The fourth-order valence-corrected chi connectivity index (χ4v) is 3.10. The summed E-state index contributed by atoms with van der Waals surface area (Å²) in [5.41, 5.74) is 3.64. The van der Waals surface area contributed by atoms with E-state index in [1.54, 1.807) is 19.4 Å². The van der Waals surface area contributed by atoms with Crippen LogP contribution in [0.4, 0.5) is 0 Å². The predicted octanol–water partition coefficient (Wildman–Crippen LogP) is 3.88. The molecule has 0 heterocycles. The molecule has 1 aromatic carbocycles. The van der Waals surface area contributed by atoms with E-state index in [0.29, 0.717) is 34.3 Å². The second kappa shape index (κ2) is 9.69. The van der Waals surface area contributed by atoms with Gasteiger partial charge in [-0.1, -0.05) is 31.4 Å². The summed E-state index contributed by atoms with van der Waals surface area (Å²) in [6, 6.07) is 4.08. The number of benzene rings is 1. The van der Waals surface area contributed by atoms with Crippen LogP contribution in [0.25, 0.3) is 0 Å². The molecule has 0 aliphatic heterocycles. The summed E-state index contributed by atoms with van der Waals surface area (Å²) in [6.07, 6.45) is 7.40. The van der Waals surface area contributed by atoms with Crippen molar-refractivity contribution in [2.75, 3.05) is 13.7 Å². The Morgan fingerprint density at radius 2 is 2.17 bits per heavy atom. The third kappa shape index (κ3) is 5.53. The van der Waals surface area contributed by atoms with Gasteiger partial charge in [0.25, 0.3) is 0 Å². The highest BCUT2D eigenvalue weighted by Gasteiger charge is 2.15. The molecule has 1 saturated carbocycles. The molecule has 1 aliphatic rings. The Bertz CT molecular complexity index is 589. The first kappa shape index (κ1) is 18.8. The van der Waals surface area contributed by atoms with E-state index < -0.39 is 0 Å². The van der Waals surface area contributed by atoms with Crippen LogP contribution >= 0.6 is 23.8 Å². The largest absolute Gasteiger partial charge is 0.493 e. The van der Waals surface area contributed by atoms with E-state index in [9.17, 15) is 0 Å². The van der Waals surface area contributed by atoms with E-state index in [1.165, 1.54) is 12.8 Å². The van der Waals surface area contributed by atoms with Gasteiger partial charge >= 0.3 is 0 Å². The maximum atomic E-state index is 6.28. The molecule has 5 nitrogen and oxygen atoms in total. The van der Waals surface area contributed by atoms with Crippen molar-refractivity contribution in [1.29, 1.82) is 0 Å². The third-order valence-electron chi connectivity index (χ3n) is 3.77. The van der Waals surface area contributed by atoms with Crippen LogP contribution in [-0.4, -0.2) is 31.1 Å². The zero-order valence-electron chi connectivity index (χ0n) is 14.1. The first-order chi connectivity index (χ1) is 11.6. The maximum Gasteiger partial charge on any atom is 0.187 e. The molecular weight excluding hydrogens is 346 g/mol. The van der Waals surface area contributed by atoms with Crippen molar-refractivity contribution in [3.8, 4) is 11.5 Å². The van der Waals surface area contributed by atoms with Gasteiger partial charge in [0.15, 0.2) is 16.6 Å². The minimum atomic E-state index is 0.463. The normalized spacial score (nSPS) is 14.8. The minimum Gasteiger partial charge on any atom is -0.493 e. The van der Waals surface area contributed by atoms with Crippen molar-refractivity contribution < 1.29 is 9.47 Å². The fourth-order valence-electron chi connectivity index (χ4n) is 2.61. The van der Waals surface area contributed by atoms with Crippen LogP contribution in [-0.2, 0) is 0 Å². The van der Waals surface area contributed by atoms with E-state index in [2.05, 4.69) is 15.8 Å². The average molecular weight is 370 g/mol. The maximum absolute atomic E-state index is 6.28. The van der Waals surface area contributed by atoms with Crippen molar-refractivity contribution in [2.45, 2.75) is 45.1 Å². The molecule has 0 amide bonds. The van der Waals surface area contributed by atoms with Gasteiger partial charge in [0.1, 0.15) is 0 Å². The van der Waals surface area contributed by atoms with Gasteiger partial charge in [-0.2, -0.15) is 5.10 Å². The van der Waals surface area contributed by atoms with E-state index in [4.69, 9.17) is 33.3 Å². The Labute approximate surface area is 153 Å². The Hall–Kier alpha value is -1.53. The fraction of sp³-hybridized carbons (Fsp3) is 0.529. The number of nitrogens with zero attached hydrogens (tertiary/aromatic N) is 1. The van der Waals surface area contributed by atoms with E-state index >= 15 is 0 Å². The highest BCUT2D eigenvalue weighted by molar-refractivity contribution is 7.80. The Balaban J connectivity index is 1.95. The number of nitrogens with one attached hydrogen (secondary N) is 2. The van der Waals surface area contributed by atoms with Gasteiger partial charge in [-0.05, 0) is 49.2 Å². The monoisotopic (exact) mass is 369 g/mol. The predicted molar refractivity (Wildman–Crippen MR) is 103 cm³/mol. The standard InChI is InChI=1S/C17H24ClN3O2S/c1-3-8-23-16-14(18)9-12(10-15(16)22-2)11-19-21-17(24)20-13-6-4-5-7-13/h9-11,13H,3-8H2,1-2H3,(H2,20,21,24)/b19-11-. The molecule has 0 spiro atoms. The zero-order chi connectivity index (χ0) is 17.4. The number of methoxy groups -OCH3 is 1. The molecule has 0 aromatic heterocycles. The summed E-state index contributed by atoms with van der Waals surface area (Å²) < 4.78 is 11.0. The Morgan fingerprint density at radius 1 is 1.42 bits per heavy atom. The van der Waals surface area contributed by atoms with Crippen molar-refractivity contribution in [2.24, 2.45) is 5.10 Å². The van der Waals surface area contributed by atoms with Gasteiger partial charge in [-0.3, -0.25) is 5.43 Å². The molecule has 0 radical (unpaired) electrons. The van der Waals surface area contributed by atoms with Crippen LogP contribution in [0.3, 0.4) is 0 Å². The van der Waals surface area contributed by atoms with Crippen LogP contribution in [0.2, 0.25) is 5.02 Å². The van der Waals surface area contributed by atoms with E-state index in [0.717, 1.165) is 24.8 Å². The lowest BCUT2D eigenvalue weighted by molar-refractivity contribution is 0.294. The molecule has 132 valence electrons. The Morgan fingerprint density at radius 3 is 2.83 bits per heavy atom. The molecule has 0 unspecified atom stereocenters. The number of ether oxygens (including phenoxy) is 2. The molecule has 2 N–H and O–H groups in total. The van der Waals surface area contributed by atoms with Gasteiger partial charge in [-0.15, -0.1) is 0 Å². The summed E-state index contributed by atoms with van der Waals surface area (Å²) in [6.45, 7) is 2.63. The van der Waals surface area contributed by atoms with Gasteiger partial charge in [0, 0.05) is 6.04 Å². The molecule has 0 atom stereocenters. The first-order valence-corrected chi connectivity index (χ1v) is 9.02. The second-order valence-electron chi connectivity index (χ2n) is 5.71. The number of hydrogen-bond acceptors (Lipinski definition) is 4. The second-order valence-corrected chi connectivity index (χ2v) is 6.52. The van der Waals surface area contributed by atoms with Crippen molar-refractivity contribution >= 4 is 35.1 Å². The summed E-state index contributed by atoms with van der Waals surface area (Å²) in [5.74, 6) is 1.15. The summed E-state index contributed by atoms with van der Waals surface area (Å²) >= 11 is 11.5. The van der Waals surface area contributed by atoms with Crippen molar-refractivity contribution in [3.05, 3.63) is 22.7 Å². The molecule has 1 aromatic rings. The van der Waals surface area contributed by atoms with Crippen LogP contribution in [0.5, 0.6) is 11.5 Å². The third-order valence-corrected chi connectivity index (χ3v) is 4.26. The highest BCUT2D eigenvalue weighted by Crippen LogP contribution is 2.36. The van der Waals surface area contributed by atoms with Gasteiger partial charge in [-0.25, -0.2) is 0 Å². The molecule has 2 rings (SSSR count). The van der Waals surface area contributed by atoms with Crippen LogP contribution in [0.15, 0.2) is 17.2 Å². The average Bonchev–Trinajstić information content (AvgIpc) is 3.06. The SMILES string of the molecule is CCCOc1c(Cl)cc(/C=N\NC(=S)NC2CCCC2)cc1OC. The molecule has 7 heteroatoms. The molecule has 1 fully saturated rings. The van der Waals surface area contributed by atoms with Crippen LogP contribution < -0.4 is 20.2 Å². The molecule has 1 aliphatic carbocycles. The van der Waals surface area contributed by atoms with Crippen molar-refractivity contribution in [3.63, 3.8) is 0 Å². The molecular formula is C17H24ClN3O2S. The van der Waals surface area contributed by atoms with Gasteiger partial charge in [0.2, 0.25) is 0 Å². The summed E-state index contributed by atoms with van der Waals surface area (Å²) in [5, 5.41) is 8.46. The van der Waals surface area contributed by atoms with E-state index in [-0.39, 0.29) is 0 Å². The number of thiocarbonyl (C=S) groups is 1. The van der Waals surface area contributed by atoms with Crippen LogP contribution in [0, 0.1) is 0 Å². The van der Waals surface area contributed by atoms with E-state index in [1.807, 2.05) is 13.0 Å². The smallest absolute Gasteiger partial charge is 0.187 e. The molecule has 24 heavy (non-hydrogen) atoms. The quantitative estimate of drug-likeness (QED) is 0.434. The summed E-state index contributed by atoms with van der Waals surface area (Å²) in [4.78, 5) is 0. The first-order valence-electron chi connectivity index (χ1n) is 8.24. The minimum absolute atomic E-state index is 0.463. The van der Waals surface area contributed by atoms with Crippen molar-refractivity contribution in [1.82, 2.24) is 10.7 Å². The number of hydrazone groups is 1. The summed E-state index contributed by atoms with van der Waals surface area (Å²) in [7, 11) is 1.59. The molecule has 0 bridgehead atoms. The zero-order valence-corrected chi connectivity index (χ0v) is 15.7.